The Labute approximate surface area is 234 Å². The number of thiophene rings is 1. The first-order chi connectivity index (χ1) is 18.6. The molecule has 0 saturated heterocycles. The van der Waals surface area contributed by atoms with Gasteiger partial charge in [-0.2, -0.15) is 0 Å². The van der Waals surface area contributed by atoms with E-state index in [1.807, 2.05) is 6.92 Å². The van der Waals surface area contributed by atoms with E-state index in [2.05, 4.69) is 10.0 Å². The molecule has 1 aliphatic carbocycles. The molecule has 0 unspecified atom stereocenters. The topological polar surface area (TPSA) is 128 Å². The summed E-state index contributed by atoms with van der Waals surface area (Å²) in [6.07, 6.45) is 4.77. The fraction of sp³-hybridized carbons (Fsp3) is 0.556. The van der Waals surface area contributed by atoms with Crippen LogP contribution < -0.4 is 14.8 Å². The lowest BCUT2D eigenvalue weighted by molar-refractivity contribution is 0.0368. The largest absolute Gasteiger partial charge is 0.485 e. The molecule has 3 N–H and O–H groups in total. The van der Waals surface area contributed by atoms with Crippen LogP contribution in [0.2, 0.25) is 0 Å². The van der Waals surface area contributed by atoms with E-state index in [0.717, 1.165) is 37.0 Å². The Morgan fingerprint density at radius 1 is 1.23 bits per heavy atom. The lowest BCUT2D eigenvalue weighted by Crippen LogP contribution is -2.52. The van der Waals surface area contributed by atoms with Crippen LogP contribution in [0.1, 0.15) is 56.3 Å². The molecule has 214 valence electrons. The molecule has 3 amide bonds. The van der Waals surface area contributed by atoms with Gasteiger partial charge in [0.05, 0.1) is 30.4 Å². The second-order valence-corrected chi connectivity index (χ2v) is 13.4. The zero-order valence-electron chi connectivity index (χ0n) is 22.6. The summed E-state index contributed by atoms with van der Waals surface area (Å²) in [5.41, 5.74) is 0.326. The van der Waals surface area contributed by atoms with Crippen molar-refractivity contribution in [3.05, 3.63) is 41.3 Å². The summed E-state index contributed by atoms with van der Waals surface area (Å²) in [7, 11) is -2.20. The SMILES string of the molecule is C[C@H]1CN([C@@H](C)CO)C(=O)c2cccc(NS(=O)(=O)c3cccs3)c2O[C@@H]1CN(C)C(=O)NC1CCCCC1. The van der Waals surface area contributed by atoms with Crippen LogP contribution in [0.25, 0.3) is 0 Å². The van der Waals surface area contributed by atoms with Gasteiger partial charge in [-0.1, -0.05) is 38.3 Å². The zero-order chi connectivity index (χ0) is 28.2. The molecule has 2 aromatic rings. The van der Waals surface area contributed by atoms with Crippen molar-refractivity contribution in [1.82, 2.24) is 15.1 Å². The maximum Gasteiger partial charge on any atom is 0.317 e. The normalized spacial score (nSPS) is 21.2. The van der Waals surface area contributed by atoms with Crippen LogP contribution in [0, 0.1) is 5.92 Å². The molecule has 1 aromatic heterocycles. The lowest BCUT2D eigenvalue weighted by Gasteiger charge is -2.38. The number of amides is 3. The molecular formula is C27H38N4O6S2. The number of hydrogen-bond acceptors (Lipinski definition) is 7. The Kier molecular flexibility index (Phi) is 9.39. The van der Waals surface area contributed by atoms with Crippen LogP contribution in [-0.4, -0.2) is 80.2 Å². The average Bonchev–Trinajstić information content (AvgIpc) is 3.47. The molecule has 39 heavy (non-hydrogen) atoms. The summed E-state index contributed by atoms with van der Waals surface area (Å²) < 4.78 is 35.3. The third kappa shape index (κ3) is 6.85. The number of likely N-dealkylation sites (N-methyl/N-ethyl adjacent to an activating group) is 1. The van der Waals surface area contributed by atoms with Gasteiger partial charge in [0.2, 0.25) is 0 Å². The number of carbonyl (C=O) groups excluding carboxylic acids is 2. The summed E-state index contributed by atoms with van der Waals surface area (Å²) in [5, 5.41) is 14.7. The molecule has 0 spiro atoms. The Balaban J connectivity index is 1.65. The van der Waals surface area contributed by atoms with Gasteiger partial charge < -0.3 is 25.0 Å². The summed E-state index contributed by atoms with van der Waals surface area (Å²) in [4.78, 5) is 29.8. The van der Waals surface area contributed by atoms with E-state index in [1.54, 1.807) is 53.4 Å². The number of benzene rings is 1. The lowest BCUT2D eigenvalue weighted by atomic mass is 9.96. The van der Waals surface area contributed by atoms with Crippen molar-refractivity contribution in [3.8, 4) is 5.75 Å². The number of sulfonamides is 1. The minimum Gasteiger partial charge on any atom is -0.485 e. The molecule has 10 nitrogen and oxygen atoms in total. The van der Waals surface area contributed by atoms with Gasteiger partial charge in [0.25, 0.3) is 15.9 Å². The van der Waals surface area contributed by atoms with Crippen LogP contribution in [0.4, 0.5) is 10.5 Å². The summed E-state index contributed by atoms with van der Waals surface area (Å²) >= 11 is 1.08. The smallest absolute Gasteiger partial charge is 0.317 e. The first kappa shape index (κ1) is 29.2. The fourth-order valence-electron chi connectivity index (χ4n) is 5.04. The molecule has 0 radical (unpaired) electrons. The number of rotatable bonds is 8. The van der Waals surface area contributed by atoms with Crippen LogP contribution in [0.3, 0.4) is 0 Å². The van der Waals surface area contributed by atoms with Crippen LogP contribution >= 0.6 is 11.3 Å². The number of hydrogen-bond donors (Lipinski definition) is 3. The molecular weight excluding hydrogens is 540 g/mol. The van der Waals surface area contributed by atoms with Crippen LogP contribution in [-0.2, 0) is 10.0 Å². The van der Waals surface area contributed by atoms with Crippen molar-refractivity contribution in [2.45, 2.75) is 68.3 Å². The number of fused-ring (bicyclic) bond motifs is 1. The van der Waals surface area contributed by atoms with Crippen molar-refractivity contribution in [3.63, 3.8) is 0 Å². The number of ether oxygens (including phenoxy) is 1. The molecule has 0 bridgehead atoms. The van der Waals surface area contributed by atoms with E-state index in [9.17, 15) is 23.1 Å². The number of urea groups is 1. The fourth-order valence-corrected chi connectivity index (χ4v) is 7.09. The third-order valence-corrected chi connectivity index (χ3v) is 10.2. The third-order valence-electron chi connectivity index (χ3n) is 7.43. The van der Waals surface area contributed by atoms with Crippen molar-refractivity contribution in [2.75, 3.05) is 31.5 Å². The minimum atomic E-state index is -3.91. The summed E-state index contributed by atoms with van der Waals surface area (Å²) in [6, 6.07) is 7.38. The highest BCUT2D eigenvalue weighted by Crippen LogP contribution is 2.36. The highest BCUT2D eigenvalue weighted by atomic mass is 32.2. The molecule has 2 heterocycles. The second kappa shape index (κ2) is 12.6. The van der Waals surface area contributed by atoms with Crippen molar-refractivity contribution >= 4 is 39.0 Å². The quantitative estimate of drug-likeness (QED) is 0.438. The monoisotopic (exact) mass is 578 g/mol. The van der Waals surface area contributed by atoms with E-state index in [0.29, 0.717) is 6.54 Å². The molecule has 4 rings (SSSR count). The van der Waals surface area contributed by atoms with Crippen molar-refractivity contribution < 1.29 is 27.9 Å². The predicted octanol–water partition coefficient (Wildman–Crippen LogP) is 3.74. The summed E-state index contributed by atoms with van der Waals surface area (Å²) in [5.74, 6) is -0.490. The average molecular weight is 579 g/mol. The molecule has 1 fully saturated rings. The van der Waals surface area contributed by atoms with E-state index in [-0.39, 0.29) is 58.3 Å². The number of carbonyl (C=O) groups is 2. The molecule has 2 aliphatic rings. The predicted molar refractivity (Wildman–Crippen MR) is 151 cm³/mol. The van der Waals surface area contributed by atoms with Crippen LogP contribution in [0.5, 0.6) is 5.75 Å². The van der Waals surface area contributed by atoms with Gasteiger partial charge >= 0.3 is 6.03 Å². The van der Waals surface area contributed by atoms with Gasteiger partial charge in [0.1, 0.15) is 10.3 Å². The number of anilines is 1. The molecule has 3 atom stereocenters. The number of aliphatic hydroxyl groups is 1. The molecule has 1 saturated carbocycles. The molecule has 1 aliphatic heterocycles. The van der Waals surface area contributed by atoms with Gasteiger partial charge in [-0.05, 0) is 43.3 Å². The Bertz CT molecular complexity index is 1250. The summed E-state index contributed by atoms with van der Waals surface area (Å²) in [6.45, 7) is 3.97. The number of nitrogens with zero attached hydrogens (tertiary/aromatic N) is 2. The van der Waals surface area contributed by atoms with Crippen molar-refractivity contribution in [2.24, 2.45) is 5.92 Å². The standard InChI is InChI=1S/C27H38N4O6S2/c1-18-15-31(19(2)17-32)26(33)21-11-7-12-22(29-39(35,36)24-13-8-14-38-24)25(21)37-23(18)16-30(3)27(34)28-20-9-5-4-6-10-20/h7-8,11-14,18-20,23,29,32H,4-6,9-10,15-17H2,1-3H3,(H,28,34)/t18-,19-,23+/m0/s1. The van der Waals surface area contributed by atoms with Crippen molar-refractivity contribution in [1.29, 1.82) is 0 Å². The van der Waals surface area contributed by atoms with E-state index in [4.69, 9.17) is 4.74 Å². The molecule has 12 heteroatoms. The maximum absolute atomic E-state index is 13.6. The van der Waals surface area contributed by atoms with Gasteiger partial charge in [-0.3, -0.25) is 9.52 Å². The highest BCUT2D eigenvalue weighted by Gasteiger charge is 2.35. The number of nitrogens with one attached hydrogen (secondary N) is 2. The second-order valence-electron chi connectivity index (χ2n) is 10.5. The Morgan fingerprint density at radius 2 is 1.97 bits per heavy atom. The Hall–Kier alpha value is -2.83. The van der Waals surface area contributed by atoms with Crippen LogP contribution in [0.15, 0.2) is 39.9 Å². The van der Waals surface area contributed by atoms with E-state index >= 15 is 0 Å². The Morgan fingerprint density at radius 3 is 2.64 bits per heavy atom. The maximum atomic E-state index is 13.6. The van der Waals surface area contributed by atoms with Gasteiger partial charge in [-0.25, -0.2) is 13.2 Å². The highest BCUT2D eigenvalue weighted by molar-refractivity contribution is 7.94. The van der Waals surface area contributed by atoms with Gasteiger partial charge in [0, 0.05) is 25.6 Å². The van der Waals surface area contributed by atoms with E-state index in [1.165, 1.54) is 12.5 Å². The first-order valence-electron chi connectivity index (χ1n) is 13.4. The number of para-hydroxylation sites is 1. The zero-order valence-corrected chi connectivity index (χ0v) is 24.3. The van der Waals surface area contributed by atoms with Gasteiger partial charge in [-0.15, -0.1) is 11.3 Å². The first-order valence-corrected chi connectivity index (χ1v) is 15.8. The molecule has 1 aromatic carbocycles. The number of aliphatic hydroxyl groups excluding tert-OH is 1. The van der Waals surface area contributed by atoms with E-state index < -0.39 is 22.2 Å². The van der Waals surface area contributed by atoms with Gasteiger partial charge in [0.15, 0.2) is 5.75 Å². The minimum absolute atomic E-state index is 0.107.